The first-order chi connectivity index (χ1) is 15.1. The van der Waals surface area contributed by atoms with Gasteiger partial charge in [0.2, 0.25) is 5.13 Å². The molecule has 0 radical (unpaired) electrons. The van der Waals surface area contributed by atoms with E-state index >= 15 is 0 Å². The average molecular weight is 453 g/mol. The van der Waals surface area contributed by atoms with Crippen LogP contribution in [-0.4, -0.2) is 33.1 Å². The number of hydrogen-bond acceptors (Lipinski definition) is 8. The number of hydrogen-bond donors (Lipinski definition) is 2. The zero-order valence-electron chi connectivity index (χ0n) is 16.4. The second-order valence-corrected chi connectivity index (χ2v) is 7.71. The molecule has 31 heavy (non-hydrogen) atoms. The van der Waals surface area contributed by atoms with Crippen LogP contribution >= 0.6 is 22.9 Å². The van der Waals surface area contributed by atoms with Crippen LogP contribution in [0.5, 0.6) is 5.19 Å². The Morgan fingerprint density at radius 3 is 2.61 bits per heavy atom. The molecule has 0 bridgehead atoms. The SMILES string of the molecule is CNc1ccncc1-c1ccncc1C(=O)Nc1nnc(OCc2ccc(Cl)cc2)s1. The minimum Gasteiger partial charge on any atom is -0.464 e. The number of halogens is 1. The summed E-state index contributed by atoms with van der Waals surface area (Å²) in [4.78, 5) is 21.2. The van der Waals surface area contributed by atoms with E-state index in [1.165, 1.54) is 6.20 Å². The van der Waals surface area contributed by atoms with Crippen LogP contribution in [0.1, 0.15) is 15.9 Å². The van der Waals surface area contributed by atoms with Gasteiger partial charge >= 0.3 is 0 Å². The van der Waals surface area contributed by atoms with Crippen LogP contribution in [-0.2, 0) is 6.61 Å². The Balaban J connectivity index is 1.48. The Kier molecular flexibility index (Phi) is 6.34. The zero-order valence-corrected chi connectivity index (χ0v) is 17.9. The maximum atomic E-state index is 12.9. The van der Waals surface area contributed by atoms with E-state index in [1.807, 2.05) is 25.2 Å². The molecular formula is C21H17ClN6O2S. The molecular weight excluding hydrogens is 436 g/mol. The third-order valence-electron chi connectivity index (χ3n) is 4.35. The minimum atomic E-state index is -0.352. The van der Waals surface area contributed by atoms with Gasteiger partial charge in [-0.15, -0.1) is 5.10 Å². The number of anilines is 2. The van der Waals surface area contributed by atoms with Gasteiger partial charge in [-0.2, -0.15) is 0 Å². The van der Waals surface area contributed by atoms with Crippen LogP contribution in [0, 0.1) is 0 Å². The molecule has 3 aromatic heterocycles. The van der Waals surface area contributed by atoms with Gasteiger partial charge in [0.25, 0.3) is 11.1 Å². The molecule has 4 rings (SSSR count). The van der Waals surface area contributed by atoms with Crippen LogP contribution in [0.25, 0.3) is 11.1 Å². The molecule has 0 aliphatic rings. The summed E-state index contributed by atoms with van der Waals surface area (Å²) in [6, 6.07) is 10.9. The van der Waals surface area contributed by atoms with Crippen molar-refractivity contribution in [2.75, 3.05) is 17.7 Å². The number of amides is 1. The zero-order chi connectivity index (χ0) is 21.6. The Morgan fingerprint density at radius 1 is 1.03 bits per heavy atom. The van der Waals surface area contributed by atoms with Gasteiger partial charge in [-0.3, -0.25) is 20.1 Å². The lowest BCUT2D eigenvalue weighted by atomic mass is 10.0. The van der Waals surface area contributed by atoms with Crippen molar-refractivity contribution in [1.29, 1.82) is 0 Å². The smallest absolute Gasteiger partial charge is 0.296 e. The molecule has 10 heteroatoms. The number of nitrogens with one attached hydrogen (secondary N) is 2. The standard InChI is InChI=1S/C21H17ClN6O2S/c1-23-18-7-9-25-10-16(18)15-6-8-24-11-17(15)19(29)26-20-27-28-21(31-20)30-12-13-2-4-14(22)5-3-13/h2-11H,12H2,1H3,(H,23,25)(H,26,27,29). The first-order valence-corrected chi connectivity index (χ1v) is 10.4. The maximum absolute atomic E-state index is 12.9. The van der Waals surface area contributed by atoms with Crippen LogP contribution in [0.2, 0.25) is 5.02 Å². The highest BCUT2D eigenvalue weighted by atomic mass is 35.5. The number of benzene rings is 1. The van der Waals surface area contributed by atoms with Crippen molar-refractivity contribution in [3.05, 3.63) is 77.3 Å². The summed E-state index contributed by atoms with van der Waals surface area (Å²) in [6.45, 7) is 0.320. The molecule has 8 nitrogen and oxygen atoms in total. The highest BCUT2D eigenvalue weighted by molar-refractivity contribution is 7.17. The van der Waals surface area contributed by atoms with Gasteiger partial charge in [-0.1, -0.05) is 28.8 Å². The lowest BCUT2D eigenvalue weighted by Gasteiger charge is -2.12. The Labute approximate surface area is 187 Å². The average Bonchev–Trinajstić information content (AvgIpc) is 3.26. The number of rotatable bonds is 7. The molecule has 0 atom stereocenters. The summed E-state index contributed by atoms with van der Waals surface area (Å²) in [5.41, 5.74) is 3.69. The van der Waals surface area contributed by atoms with Gasteiger partial charge in [0.05, 0.1) is 5.56 Å². The molecule has 0 fully saturated rings. The van der Waals surface area contributed by atoms with Crippen molar-refractivity contribution in [2.24, 2.45) is 0 Å². The Bertz CT molecular complexity index is 1200. The fraction of sp³-hybridized carbons (Fsp3) is 0.0952. The summed E-state index contributed by atoms with van der Waals surface area (Å²) >= 11 is 7.03. The van der Waals surface area contributed by atoms with Crippen molar-refractivity contribution < 1.29 is 9.53 Å². The lowest BCUT2D eigenvalue weighted by Crippen LogP contribution is -2.13. The lowest BCUT2D eigenvalue weighted by molar-refractivity contribution is 0.102. The molecule has 3 heterocycles. The van der Waals surface area contributed by atoms with Crippen molar-refractivity contribution >= 4 is 39.7 Å². The van der Waals surface area contributed by atoms with E-state index in [1.54, 1.807) is 36.8 Å². The maximum Gasteiger partial charge on any atom is 0.296 e. The van der Waals surface area contributed by atoms with E-state index in [2.05, 4.69) is 30.8 Å². The van der Waals surface area contributed by atoms with E-state index in [4.69, 9.17) is 16.3 Å². The number of aromatic nitrogens is 4. The molecule has 0 unspecified atom stereocenters. The third-order valence-corrected chi connectivity index (χ3v) is 5.35. The fourth-order valence-electron chi connectivity index (χ4n) is 2.85. The molecule has 2 N–H and O–H groups in total. The normalized spacial score (nSPS) is 10.5. The van der Waals surface area contributed by atoms with Crippen molar-refractivity contribution in [2.45, 2.75) is 6.61 Å². The second-order valence-electron chi connectivity index (χ2n) is 6.33. The summed E-state index contributed by atoms with van der Waals surface area (Å²) in [5.74, 6) is -0.352. The van der Waals surface area contributed by atoms with Gasteiger partial charge < -0.3 is 10.1 Å². The van der Waals surface area contributed by atoms with E-state index in [9.17, 15) is 4.79 Å². The number of ether oxygens (including phenoxy) is 1. The molecule has 1 amide bonds. The first-order valence-electron chi connectivity index (χ1n) is 9.22. The van der Waals surface area contributed by atoms with E-state index in [0.29, 0.717) is 33.1 Å². The Morgan fingerprint density at radius 2 is 1.81 bits per heavy atom. The van der Waals surface area contributed by atoms with E-state index in [0.717, 1.165) is 28.2 Å². The molecule has 0 saturated carbocycles. The highest BCUT2D eigenvalue weighted by Gasteiger charge is 2.17. The quantitative estimate of drug-likeness (QED) is 0.425. The molecule has 1 aromatic carbocycles. The third kappa shape index (κ3) is 4.96. The predicted octanol–water partition coefficient (Wildman–Crippen LogP) is 4.52. The minimum absolute atomic E-state index is 0.320. The van der Waals surface area contributed by atoms with Gasteiger partial charge in [-0.25, -0.2) is 0 Å². The van der Waals surface area contributed by atoms with Gasteiger partial charge in [0.15, 0.2) is 0 Å². The molecule has 156 valence electrons. The second kappa shape index (κ2) is 9.50. The van der Waals surface area contributed by atoms with Crippen LogP contribution in [0.4, 0.5) is 10.8 Å². The van der Waals surface area contributed by atoms with Crippen molar-refractivity contribution in [1.82, 2.24) is 20.2 Å². The van der Waals surface area contributed by atoms with E-state index in [-0.39, 0.29) is 5.91 Å². The van der Waals surface area contributed by atoms with E-state index < -0.39 is 0 Å². The predicted molar refractivity (Wildman–Crippen MR) is 121 cm³/mol. The Hall–Kier alpha value is -3.56. The number of carbonyl (C=O) groups excluding carboxylic acids is 1. The molecule has 0 spiro atoms. The summed E-state index contributed by atoms with van der Waals surface area (Å²) in [7, 11) is 1.81. The van der Waals surface area contributed by atoms with Crippen LogP contribution < -0.4 is 15.4 Å². The monoisotopic (exact) mass is 452 g/mol. The van der Waals surface area contributed by atoms with Crippen LogP contribution in [0.15, 0.2) is 61.2 Å². The topological polar surface area (TPSA) is 102 Å². The number of carbonyl (C=O) groups is 1. The number of pyridine rings is 2. The van der Waals surface area contributed by atoms with Crippen molar-refractivity contribution in [3.8, 4) is 16.3 Å². The largest absolute Gasteiger partial charge is 0.464 e. The first kappa shape index (κ1) is 20.7. The molecule has 0 aliphatic carbocycles. The van der Waals surface area contributed by atoms with Gasteiger partial charge in [0, 0.05) is 53.7 Å². The van der Waals surface area contributed by atoms with Crippen LogP contribution in [0.3, 0.4) is 0 Å². The molecule has 4 aromatic rings. The van der Waals surface area contributed by atoms with Gasteiger partial charge in [-0.05, 0) is 41.2 Å². The fourth-order valence-corrected chi connectivity index (χ4v) is 3.56. The highest BCUT2D eigenvalue weighted by Crippen LogP contribution is 2.30. The van der Waals surface area contributed by atoms with Gasteiger partial charge in [0.1, 0.15) is 6.61 Å². The summed E-state index contributed by atoms with van der Waals surface area (Å²) in [6.07, 6.45) is 6.52. The summed E-state index contributed by atoms with van der Waals surface area (Å²) < 4.78 is 5.64. The molecule has 0 aliphatic heterocycles. The number of nitrogens with zero attached hydrogens (tertiary/aromatic N) is 4. The summed E-state index contributed by atoms with van der Waals surface area (Å²) in [5, 5.41) is 15.2. The van der Waals surface area contributed by atoms with Crippen molar-refractivity contribution in [3.63, 3.8) is 0 Å². The molecule has 0 saturated heterocycles.